The van der Waals surface area contributed by atoms with Gasteiger partial charge in [0.05, 0.1) is 5.71 Å². The van der Waals surface area contributed by atoms with Gasteiger partial charge >= 0.3 is 0 Å². The van der Waals surface area contributed by atoms with Crippen molar-refractivity contribution < 1.29 is 0 Å². The molecule has 1 aliphatic carbocycles. The molecule has 50 valence electrons. The maximum atomic E-state index is 5.39. The predicted octanol–water partition coefficient (Wildman–Crippen LogP) is 0.250. The molecule has 0 saturated heterocycles. The first-order valence-corrected chi connectivity index (χ1v) is 3.13. The Kier molecular flexibility index (Phi) is 0.974. The van der Waals surface area contributed by atoms with Crippen LogP contribution in [-0.4, -0.2) is 17.7 Å². The monoisotopic (exact) mass is 133 g/mol. The number of nitrogens with zero attached hydrogens (tertiary/aromatic N) is 2. The Labute approximate surface area is 58.7 Å². The van der Waals surface area contributed by atoms with Crippen LogP contribution in [0.4, 0.5) is 0 Å². The largest absolute Gasteiger partial charge is 0.368 e. The molecule has 2 aliphatic rings. The Bertz CT molecular complexity index is 271. The first-order chi connectivity index (χ1) is 4.86. The molecule has 0 amide bonds. The second kappa shape index (κ2) is 1.80. The lowest BCUT2D eigenvalue weighted by Crippen LogP contribution is -2.11. The molecule has 0 aromatic heterocycles. The Balaban J connectivity index is 2.40. The predicted molar refractivity (Wildman–Crippen MR) is 41.1 cm³/mol. The van der Waals surface area contributed by atoms with E-state index in [2.05, 4.69) is 9.98 Å². The molecule has 0 aromatic carbocycles. The van der Waals surface area contributed by atoms with Crippen LogP contribution in [-0.2, 0) is 0 Å². The average Bonchev–Trinajstić information content (AvgIpc) is 2.27. The summed E-state index contributed by atoms with van der Waals surface area (Å²) < 4.78 is 0. The van der Waals surface area contributed by atoms with E-state index in [1.165, 1.54) is 0 Å². The maximum Gasteiger partial charge on any atom is 0.216 e. The van der Waals surface area contributed by atoms with Gasteiger partial charge in [-0.1, -0.05) is 18.2 Å². The van der Waals surface area contributed by atoms with Gasteiger partial charge in [0.2, 0.25) is 5.96 Å². The lowest BCUT2D eigenvalue weighted by Gasteiger charge is -2.02. The summed E-state index contributed by atoms with van der Waals surface area (Å²) in [5, 5.41) is 0. The molecule has 0 radical (unpaired) electrons. The van der Waals surface area contributed by atoms with Crippen LogP contribution in [0.1, 0.15) is 0 Å². The second-order valence-electron chi connectivity index (χ2n) is 2.21. The van der Waals surface area contributed by atoms with Crippen LogP contribution in [0.25, 0.3) is 0 Å². The summed E-state index contributed by atoms with van der Waals surface area (Å²) in [4.78, 5) is 8.08. The average molecular weight is 133 g/mol. The van der Waals surface area contributed by atoms with E-state index >= 15 is 0 Å². The summed E-state index contributed by atoms with van der Waals surface area (Å²) >= 11 is 0. The highest BCUT2D eigenvalue weighted by Gasteiger charge is 2.17. The SMILES string of the molecule is NC1=NC2C=CC=CC2=N1. The molecular weight excluding hydrogens is 126 g/mol. The first-order valence-electron chi connectivity index (χ1n) is 3.13. The van der Waals surface area contributed by atoms with E-state index in [4.69, 9.17) is 5.73 Å². The van der Waals surface area contributed by atoms with Crippen LogP contribution < -0.4 is 5.73 Å². The van der Waals surface area contributed by atoms with E-state index < -0.39 is 0 Å². The van der Waals surface area contributed by atoms with Crippen molar-refractivity contribution in [1.29, 1.82) is 0 Å². The molecule has 0 spiro atoms. The highest BCUT2D eigenvalue weighted by Crippen LogP contribution is 2.10. The molecule has 0 aromatic rings. The molecule has 3 heteroatoms. The summed E-state index contributed by atoms with van der Waals surface area (Å²) in [5.74, 6) is 0.385. The molecule has 1 atom stereocenters. The Morgan fingerprint density at radius 1 is 1.40 bits per heavy atom. The van der Waals surface area contributed by atoms with Gasteiger partial charge in [0, 0.05) is 0 Å². The number of nitrogens with two attached hydrogens (primary N) is 1. The minimum atomic E-state index is 0.0880. The van der Waals surface area contributed by atoms with Crippen molar-refractivity contribution in [1.82, 2.24) is 0 Å². The molecule has 0 saturated carbocycles. The van der Waals surface area contributed by atoms with Gasteiger partial charge < -0.3 is 5.73 Å². The zero-order chi connectivity index (χ0) is 6.97. The number of hydrogen-bond donors (Lipinski definition) is 1. The van der Waals surface area contributed by atoms with Gasteiger partial charge in [-0.2, -0.15) is 0 Å². The lowest BCUT2D eigenvalue weighted by molar-refractivity contribution is 1.10. The van der Waals surface area contributed by atoms with Gasteiger partial charge in [-0.15, -0.1) is 0 Å². The third-order valence-corrected chi connectivity index (χ3v) is 1.49. The smallest absolute Gasteiger partial charge is 0.216 e. The van der Waals surface area contributed by atoms with E-state index in [1.54, 1.807) is 0 Å². The lowest BCUT2D eigenvalue weighted by atomic mass is 10.1. The quantitative estimate of drug-likeness (QED) is 0.506. The van der Waals surface area contributed by atoms with Gasteiger partial charge in [0.1, 0.15) is 6.04 Å². The summed E-state index contributed by atoms with van der Waals surface area (Å²) in [6.07, 6.45) is 7.78. The Hall–Kier alpha value is -1.38. The summed E-state index contributed by atoms with van der Waals surface area (Å²) in [6.45, 7) is 0. The zero-order valence-electron chi connectivity index (χ0n) is 5.36. The third kappa shape index (κ3) is 0.673. The summed E-state index contributed by atoms with van der Waals surface area (Å²) in [6, 6.07) is 0.0880. The third-order valence-electron chi connectivity index (χ3n) is 1.49. The van der Waals surface area contributed by atoms with Gasteiger partial charge in [-0.25, -0.2) is 9.98 Å². The minimum Gasteiger partial charge on any atom is -0.368 e. The van der Waals surface area contributed by atoms with E-state index in [1.807, 2.05) is 24.3 Å². The zero-order valence-corrected chi connectivity index (χ0v) is 5.36. The van der Waals surface area contributed by atoms with Crippen LogP contribution in [0.5, 0.6) is 0 Å². The van der Waals surface area contributed by atoms with Crippen LogP contribution >= 0.6 is 0 Å². The van der Waals surface area contributed by atoms with Crippen LogP contribution in [0.15, 0.2) is 34.3 Å². The number of aliphatic imine (C=N–C) groups is 2. The molecule has 2 N–H and O–H groups in total. The van der Waals surface area contributed by atoms with E-state index in [9.17, 15) is 0 Å². The highest BCUT2D eigenvalue weighted by molar-refractivity contribution is 6.12. The fourth-order valence-corrected chi connectivity index (χ4v) is 1.04. The maximum absolute atomic E-state index is 5.39. The van der Waals surface area contributed by atoms with Crippen molar-refractivity contribution in [3.05, 3.63) is 24.3 Å². The van der Waals surface area contributed by atoms with Gasteiger partial charge in [-0.3, -0.25) is 0 Å². The minimum absolute atomic E-state index is 0.0880. The standard InChI is InChI=1S/C7H7N3/c8-7-9-5-3-1-2-4-6(5)10-7/h1-5H,(H2,8,9). The molecule has 1 aliphatic heterocycles. The second-order valence-corrected chi connectivity index (χ2v) is 2.21. The molecule has 2 rings (SSSR count). The molecule has 3 nitrogen and oxygen atoms in total. The van der Waals surface area contributed by atoms with Gasteiger partial charge in [-0.05, 0) is 6.08 Å². The molecule has 10 heavy (non-hydrogen) atoms. The van der Waals surface area contributed by atoms with Crippen molar-refractivity contribution >= 4 is 11.7 Å². The van der Waals surface area contributed by atoms with E-state index in [-0.39, 0.29) is 6.04 Å². The van der Waals surface area contributed by atoms with Crippen LogP contribution in [0.2, 0.25) is 0 Å². The Morgan fingerprint density at radius 2 is 2.30 bits per heavy atom. The number of guanidine groups is 1. The normalized spacial score (nSPS) is 27.8. The molecule has 1 heterocycles. The highest BCUT2D eigenvalue weighted by atomic mass is 15.1. The van der Waals surface area contributed by atoms with E-state index in [0.29, 0.717) is 5.96 Å². The van der Waals surface area contributed by atoms with Crippen molar-refractivity contribution in [3.63, 3.8) is 0 Å². The summed E-state index contributed by atoms with van der Waals surface area (Å²) in [7, 11) is 0. The topological polar surface area (TPSA) is 50.7 Å². The van der Waals surface area contributed by atoms with Crippen molar-refractivity contribution in [2.24, 2.45) is 15.7 Å². The molecule has 1 unspecified atom stereocenters. The summed E-state index contributed by atoms with van der Waals surface area (Å²) in [5.41, 5.74) is 6.33. The number of hydrogen-bond acceptors (Lipinski definition) is 3. The van der Waals surface area contributed by atoms with Gasteiger partial charge in [0.15, 0.2) is 0 Å². The van der Waals surface area contributed by atoms with Crippen molar-refractivity contribution in [2.75, 3.05) is 0 Å². The number of allylic oxidation sites excluding steroid dienone is 2. The molecular formula is C7H7N3. The first kappa shape index (κ1) is 5.41. The van der Waals surface area contributed by atoms with Crippen molar-refractivity contribution in [3.8, 4) is 0 Å². The fraction of sp³-hybridized carbons (Fsp3) is 0.143. The van der Waals surface area contributed by atoms with Crippen molar-refractivity contribution in [2.45, 2.75) is 6.04 Å². The van der Waals surface area contributed by atoms with Crippen LogP contribution in [0.3, 0.4) is 0 Å². The Morgan fingerprint density at radius 3 is 3.10 bits per heavy atom. The van der Waals surface area contributed by atoms with E-state index in [0.717, 1.165) is 5.71 Å². The molecule has 0 bridgehead atoms. The fourth-order valence-electron chi connectivity index (χ4n) is 1.04. The molecule has 0 fully saturated rings. The number of rotatable bonds is 0. The number of fused-ring (bicyclic) bond motifs is 1. The van der Waals surface area contributed by atoms with Gasteiger partial charge in [0.25, 0.3) is 0 Å². The van der Waals surface area contributed by atoms with Crippen LogP contribution in [0, 0.1) is 0 Å².